The zero-order valence-corrected chi connectivity index (χ0v) is 27.6. The predicted molar refractivity (Wildman–Crippen MR) is 156 cm³/mol. The van der Waals surface area contributed by atoms with Crippen LogP contribution in [0.2, 0.25) is 13.1 Å². The number of fused-ring (bicyclic) bond motifs is 2. The van der Waals surface area contributed by atoms with Crippen molar-refractivity contribution >= 4 is 8.71 Å². The van der Waals surface area contributed by atoms with Gasteiger partial charge in [0, 0.05) is 0 Å². The van der Waals surface area contributed by atoms with Gasteiger partial charge < -0.3 is 0 Å². The molecule has 2 unspecified atom stereocenters. The maximum absolute atomic E-state index is 2.76. The number of benzene rings is 2. The molecule has 0 amide bonds. The molecule has 0 saturated carbocycles. The molecule has 0 aliphatic heterocycles. The first-order chi connectivity index (χ1) is 16.8. The Morgan fingerprint density at radius 2 is 1.42 bits per heavy atom. The molecule has 0 radical (unpaired) electrons. The third kappa shape index (κ3) is 4.10. The van der Waals surface area contributed by atoms with E-state index in [0.29, 0.717) is 11.8 Å². The Kier molecular flexibility index (Phi) is 6.74. The van der Waals surface area contributed by atoms with Gasteiger partial charge >= 0.3 is 229 Å². The molecule has 36 heavy (non-hydrogen) atoms. The normalized spacial score (nSPS) is 24.0. The molecule has 2 heteroatoms. The van der Waals surface area contributed by atoms with Crippen LogP contribution < -0.4 is 0 Å². The molecule has 0 aromatic heterocycles. The van der Waals surface area contributed by atoms with E-state index < -0.39 is 25.8 Å². The van der Waals surface area contributed by atoms with Crippen LogP contribution in [-0.4, -0.2) is 5.43 Å². The van der Waals surface area contributed by atoms with Gasteiger partial charge in [0.2, 0.25) is 0 Å². The van der Waals surface area contributed by atoms with Crippen LogP contribution in [-0.2, 0) is 31.2 Å². The number of rotatable bonds is 3. The van der Waals surface area contributed by atoms with Crippen molar-refractivity contribution in [1.29, 1.82) is 0 Å². The van der Waals surface area contributed by atoms with Gasteiger partial charge in [-0.3, -0.25) is 0 Å². The monoisotopic (exact) mass is 570 g/mol. The molecule has 5 rings (SSSR count). The SMILES string of the molecule is CC1=C(C)C(C)[C]([Zr]([C]2=CC(c3ccccc3)c3cc4c(cc32)C(C)(C)CCC4(C)C)=[Si](C)C)=C1C. The Bertz CT molecular complexity index is 1370. The second-order valence-electron chi connectivity index (χ2n) is 13.2. The van der Waals surface area contributed by atoms with E-state index in [9.17, 15) is 0 Å². The van der Waals surface area contributed by atoms with E-state index in [1.165, 1.54) is 18.4 Å². The third-order valence-electron chi connectivity index (χ3n) is 9.82. The molecule has 0 spiro atoms. The van der Waals surface area contributed by atoms with Gasteiger partial charge in [-0.1, -0.05) is 0 Å². The summed E-state index contributed by atoms with van der Waals surface area (Å²) in [6.45, 7) is 24.9. The van der Waals surface area contributed by atoms with Crippen molar-refractivity contribution in [2.24, 2.45) is 5.92 Å². The van der Waals surface area contributed by atoms with Crippen molar-refractivity contribution in [2.75, 3.05) is 0 Å². The van der Waals surface area contributed by atoms with Gasteiger partial charge in [0.1, 0.15) is 0 Å². The summed E-state index contributed by atoms with van der Waals surface area (Å²) in [5.41, 5.74) is 12.8. The van der Waals surface area contributed by atoms with E-state index in [0.717, 1.165) is 0 Å². The third-order valence-corrected chi connectivity index (χ3v) is 27.1. The first-order valence-electron chi connectivity index (χ1n) is 13.9. The van der Waals surface area contributed by atoms with E-state index in [4.69, 9.17) is 0 Å². The standard InChI is InChI=1S/C23H25.C9H13.C2H6Si.Zr/c1-22(2)12-13-23(3,4)21-15-19-17(14-20(21)22)10-11-18(19)16-8-6-5-7-9-16;1-6-5-7(2)9(4)8(6)3;1-3-2;/h5-9,11,14-15,18H,12-13H2,1-4H3;6H,1-4H3;1-2H3;. The molecule has 2 atom stereocenters. The second-order valence-corrected chi connectivity index (χ2v) is 30.0. The predicted octanol–water partition coefficient (Wildman–Crippen LogP) is 9.65. The summed E-state index contributed by atoms with van der Waals surface area (Å²) < 4.78 is 3.71. The first kappa shape index (κ1) is 26.4. The van der Waals surface area contributed by atoms with Gasteiger partial charge in [-0.2, -0.15) is 0 Å². The van der Waals surface area contributed by atoms with Crippen LogP contribution in [0.25, 0.3) is 3.28 Å². The summed E-state index contributed by atoms with van der Waals surface area (Å²) in [6, 6.07) is 16.7. The molecule has 0 fully saturated rings. The summed E-state index contributed by atoms with van der Waals surface area (Å²) in [4.78, 5) is 0. The van der Waals surface area contributed by atoms with E-state index >= 15 is 0 Å². The van der Waals surface area contributed by atoms with Gasteiger partial charge in [-0.25, -0.2) is 0 Å². The fourth-order valence-corrected chi connectivity index (χ4v) is 25.5. The van der Waals surface area contributed by atoms with Crippen molar-refractivity contribution in [3.63, 3.8) is 0 Å². The molecule has 188 valence electrons. The maximum atomic E-state index is 2.76. The van der Waals surface area contributed by atoms with Crippen LogP contribution >= 0.6 is 0 Å². The molecule has 3 aliphatic rings. The minimum absolute atomic E-state index is 0.243. The molecule has 0 heterocycles. The minimum atomic E-state index is -2.09. The van der Waals surface area contributed by atoms with Crippen LogP contribution in [0.1, 0.15) is 102 Å². The van der Waals surface area contributed by atoms with Gasteiger partial charge in [0.25, 0.3) is 0 Å². The summed E-state index contributed by atoms with van der Waals surface area (Å²) in [7, 11) is 0. The van der Waals surface area contributed by atoms with Crippen molar-refractivity contribution in [1.82, 2.24) is 0 Å². The molecule has 0 nitrogen and oxygen atoms in total. The Morgan fingerprint density at radius 1 is 0.833 bits per heavy atom. The Morgan fingerprint density at radius 3 is 1.94 bits per heavy atom. The average Bonchev–Trinajstić information content (AvgIpc) is 3.29. The summed E-state index contributed by atoms with van der Waals surface area (Å²) in [5.74, 6) is 1.03. The molecule has 0 N–H and O–H groups in total. The molecule has 2 aromatic carbocycles. The van der Waals surface area contributed by atoms with Crippen LogP contribution in [0.3, 0.4) is 0 Å². The molecular weight excluding hydrogens is 528 g/mol. The van der Waals surface area contributed by atoms with Crippen molar-refractivity contribution < 1.29 is 20.4 Å². The van der Waals surface area contributed by atoms with Crippen molar-refractivity contribution in [3.05, 3.63) is 96.4 Å². The zero-order chi connectivity index (χ0) is 26.2. The Balaban J connectivity index is 1.79. The van der Waals surface area contributed by atoms with Gasteiger partial charge in [0.05, 0.1) is 0 Å². The average molecular weight is 572 g/mol. The molecule has 2 aromatic rings. The van der Waals surface area contributed by atoms with Crippen molar-refractivity contribution in [2.45, 2.75) is 98.1 Å². The van der Waals surface area contributed by atoms with Gasteiger partial charge in [0.15, 0.2) is 0 Å². The number of hydrogen-bond donors (Lipinski definition) is 0. The topological polar surface area (TPSA) is 0 Å². The summed E-state index contributed by atoms with van der Waals surface area (Å²) in [5, 5.41) is 0. The molecule has 0 saturated heterocycles. The fourth-order valence-electron chi connectivity index (χ4n) is 7.07. The van der Waals surface area contributed by atoms with Gasteiger partial charge in [-0.05, 0) is 0 Å². The number of allylic oxidation sites excluding steroid dienone is 5. The summed E-state index contributed by atoms with van der Waals surface area (Å²) >= 11 is -2.09. The van der Waals surface area contributed by atoms with Crippen LogP contribution in [0.4, 0.5) is 0 Å². The Hall–Kier alpha value is -1.24. The second kappa shape index (κ2) is 9.20. The van der Waals surface area contributed by atoms with Crippen LogP contribution in [0.5, 0.6) is 0 Å². The van der Waals surface area contributed by atoms with E-state index in [1.54, 1.807) is 39.0 Å². The van der Waals surface area contributed by atoms with Crippen LogP contribution in [0, 0.1) is 5.92 Å². The molecule has 0 bridgehead atoms. The van der Waals surface area contributed by atoms with Crippen molar-refractivity contribution in [3.8, 4) is 0 Å². The van der Waals surface area contributed by atoms with E-state index in [1.807, 2.05) is 6.56 Å². The quantitative estimate of drug-likeness (QED) is 0.322. The van der Waals surface area contributed by atoms with E-state index in [2.05, 4.69) is 117 Å². The van der Waals surface area contributed by atoms with Crippen LogP contribution in [0.15, 0.2) is 68.5 Å². The fraction of sp³-hybridized carbons (Fsp3) is 0.471. The number of hydrogen-bond acceptors (Lipinski definition) is 0. The van der Waals surface area contributed by atoms with E-state index in [-0.39, 0.29) is 10.8 Å². The molecule has 3 aliphatic carbocycles. The zero-order valence-electron chi connectivity index (χ0n) is 24.2. The molecular formula is C34H44SiZr. The summed E-state index contributed by atoms with van der Waals surface area (Å²) in [6.07, 6.45) is 5.31. The van der Waals surface area contributed by atoms with Gasteiger partial charge in [-0.15, -0.1) is 0 Å². The Labute approximate surface area is 228 Å². The first-order valence-corrected chi connectivity index (χ1v) is 22.5.